The van der Waals surface area contributed by atoms with Gasteiger partial charge in [0.1, 0.15) is 5.60 Å². The third kappa shape index (κ3) is 7.73. The van der Waals surface area contributed by atoms with Gasteiger partial charge in [-0.1, -0.05) is 32.0 Å². The molecule has 0 aromatic carbocycles. The van der Waals surface area contributed by atoms with Gasteiger partial charge in [0.25, 0.3) is 0 Å². The molecule has 6 heteroatoms. The second-order valence-electron chi connectivity index (χ2n) is 8.76. The molecule has 0 aliphatic carbocycles. The van der Waals surface area contributed by atoms with E-state index in [9.17, 15) is 9.59 Å². The highest BCUT2D eigenvalue weighted by Crippen LogP contribution is 2.39. The first-order valence-corrected chi connectivity index (χ1v) is 11.5. The zero-order valence-electron chi connectivity index (χ0n) is 16.9. The number of esters is 1. The summed E-state index contributed by atoms with van der Waals surface area (Å²) >= 11 is 6.45. The van der Waals surface area contributed by atoms with Crippen LogP contribution in [0.15, 0.2) is 15.9 Å². The minimum Gasteiger partial charge on any atom is -0.459 e. The van der Waals surface area contributed by atoms with Gasteiger partial charge in [-0.15, -0.1) is 11.3 Å². The summed E-state index contributed by atoms with van der Waals surface area (Å²) in [6.45, 7) is 13.6. The molecule has 148 valence electrons. The summed E-state index contributed by atoms with van der Waals surface area (Å²) in [5, 5.41) is 2.16. The van der Waals surface area contributed by atoms with Gasteiger partial charge in [0.2, 0.25) is 0 Å². The number of hydrogen-bond acceptors (Lipinski definition) is 5. The summed E-state index contributed by atoms with van der Waals surface area (Å²) in [6.07, 6.45) is 2.58. The average molecular weight is 464 g/mol. The van der Waals surface area contributed by atoms with E-state index < -0.39 is 11.0 Å². The molecule has 0 fully saturated rings. The number of thiophene rings is 1. The largest absolute Gasteiger partial charge is 0.459 e. The SMILES string of the molecule is CC(=O)SCC(C)(C)CCCC(C)(C(=O)OC(C)(C)C)c1cc(Br)cs1. The van der Waals surface area contributed by atoms with Crippen molar-refractivity contribution < 1.29 is 14.3 Å². The van der Waals surface area contributed by atoms with Crippen LogP contribution in [0.3, 0.4) is 0 Å². The maximum Gasteiger partial charge on any atom is 0.317 e. The van der Waals surface area contributed by atoms with Crippen molar-refractivity contribution in [3.05, 3.63) is 20.8 Å². The Morgan fingerprint density at radius 2 is 1.77 bits per heavy atom. The van der Waals surface area contributed by atoms with E-state index in [1.54, 1.807) is 18.3 Å². The molecule has 0 saturated heterocycles. The zero-order chi connectivity index (χ0) is 20.2. The minimum atomic E-state index is -0.659. The molecule has 0 saturated carbocycles. The molecule has 1 heterocycles. The summed E-state index contributed by atoms with van der Waals surface area (Å²) in [4.78, 5) is 25.2. The fourth-order valence-electron chi connectivity index (χ4n) is 2.61. The number of carbonyl (C=O) groups excluding carboxylic acids is 2. The van der Waals surface area contributed by atoms with Crippen molar-refractivity contribution in [2.75, 3.05) is 5.75 Å². The molecule has 1 atom stereocenters. The van der Waals surface area contributed by atoms with Crippen molar-refractivity contribution in [2.45, 2.75) is 78.7 Å². The van der Waals surface area contributed by atoms with Crippen LogP contribution in [0.1, 0.15) is 72.6 Å². The Morgan fingerprint density at radius 3 is 2.23 bits per heavy atom. The molecule has 3 nitrogen and oxygen atoms in total. The van der Waals surface area contributed by atoms with Gasteiger partial charge in [0.05, 0.1) is 5.41 Å². The van der Waals surface area contributed by atoms with Crippen LogP contribution >= 0.6 is 39.0 Å². The lowest BCUT2D eigenvalue weighted by atomic mass is 9.80. The molecule has 26 heavy (non-hydrogen) atoms. The predicted octanol–water partition coefficient (Wildman–Crippen LogP) is 6.59. The van der Waals surface area contributed by atoms with E-state index in [0.29, 0.717) is 0 Å². The monoisotopic (exact) mass is 462 g/mol. The third-order valence-electron chi connectivity index (χ3n) is 4.16. The molecule has 0 radical (unpaired) electrons. The molecular formula is C20H31BrO3S2. The van der Waals surface area contributed by atoms with Crippen molar-refractivity contribution in [3.8, 4) is 0 Å². The van der Waals surface area contributed by atoms with Gasteiger partial charge in [0.15, 0.2) is 5.12 Å². The van der Waals surface area contributed by atoms with Crippen molar-refractivity contribution in [1.82, 2.24) is 0 Å². The first kappa shape index (κ1) is 23.7. The summed E-state index contributed by atoms with van der Waals surface area (Å²) in [6, 6.07) is 2.02. The number of halogens is 1. The van der Waals surface area contributed by atoms with Gasteiger partial charge in [-0.25, -0.2) is 0 Å². The topological polar surface area (TPSA) is 43.4 Å². The lowest BCUT2D eigenvalue weighted by Crippen LogP contribution is -2.38. The van der Waals surface area contributed by atoms with Crippen LogP contribution in [-0.4, -0.2) is 22.4 Å². The molecule has 0 amide bonds. The molecular weight excluding hydrogens is 432 g/mol. The molecule has 1 aromatic rings. The maximum atomic E-state index is 13.0. The third-order valence-corrected chi connectivity index (χ3v) is 7.44. The van der Waals surface area contributed by atoms with E-state index in [-0.39, 0.29) is 16.5 Å². The van der Waals surface area contributed by atoms with E-state index in [4.69, 9.17) is 4.74 Å². The molecule has 0 N–H and O–H groups in total. The van der Waals surface area contributed by atoms with Crippen molar-refractivity contribution in [2.24, 2.45) is 5.41 Å². The number of ether oxygens (including phenoxy) is 1. The Kier molecular flexibility index (Phi) is 8.43. The molecule has 0 aliphatic rings. The highest BCUT2D eigenvalue weighted by Gasteiger charge is 2.40. The van der Waals surface area contributed by atoms with Gasteiger partial charge < -0.3 is 4.74 Å². The van der Waals surface area contributed by atoms with Crippen molar-refractivity contribution in [1.29, 1.82) is 0 Å². The van der Waals surface area contributed by atoms with Crippen LogP contribution < -0.4 is 0 Å². The number of rotatable bonds is 8. The molecule has 0 spiro atoms. The van der Waals surface area contributed by atoms with Crippen LogP contribution in [0, 0.1) is 5.41 Å². The fourth-order valence-corrected chi connectivity index (χ4v) is 4.96. The first-order valence-electron chi connectivity index (χ1n) is 8.86. The van der Waals surface area contributed by atoms with Crippen LogP contribution in [0.5, 0.6) is 0 Å². The van der Waals surface area contributed by atoms with Gasteiger partial charge in [-0.2, -0.15) is 0 Å². The molecule has 1 unspecified atom stereocenters. The van der Waals surface area contributed by atoms with E-state index in [2.05, 4.69) is 29.8 Å². The highest BCUT2D eigenvalue weighted by molar-refractivity contribution is 9.10. The summed E-state index contributed by atoms with van der Waals surface area (Å²) in [5.74, 6) is 0.631. The number of carbonyl (C=O) groups is 2. The Morgan fingerprint density at radius 1 is 1.15 bits per heavy atom. The zero-order valence-corrected chi connectivity index (χ0v) is 20.1. The molecule has 0 bridgehead atoms. The second-order valence-corrected chi connectivity index (χ2v) is 11.7. The Balaban J connectivity index is 2.87. The van der Waals surface area contributed by atoms with Gasteiger partial charge in [-0.3, -0.25) is 9.59 Å². The lowest BCUT2D eigenvalue weighted by molar-refractivity contribution is -0.161. The summed E-state index contributed by atoms with van der Waals surface area (Å²) in [7, 11) is 0. The van der Waals surface area contributed by atoms with Crippen LogP contribution in [0.2, 0.25) is 0 Å². The smallest absolute Gasteiger partial charge is 0.317 e. The standard InChI is InChI=1S/C20H31BrO3S2/c1-14(22)26-13-19(5,6)9-8-10-20(7,16-11-15(21)12-25-16)17(23)24-18(2,3)4/h11-12H,8-10,13H2,1-7H3. The van der Waals surface area contributed by atoms with Crippen molar-refractivity contribution in [3.63, 3.8) is 0 Å². The normalized spacial score (nSPS) is 14.8. The highest BCUT2D eigenvalue weighted by atomic mass is 79.9. The van der Waals surface area contributed by atoms with E-state index in [1.807, 2.05) is 39.1 Å². The van der Waals surface area contributed by atoms with Gasteiger partial charge in [-0.05, 0) is 67.9 Å². The molecule has 0 aliphatic heterocycles. The number of thioether (sulfide) groups is 1. The molecule has 1 rings (SSSR count). The van der Waals surface area contributed by atoms with Crippen LogP contribution in [-0.2, 0) is 19.7 Å². The van der Waals surface area contributed by atoms with Crippen LogP contribution in [0.25, 0.3) is 0 Å². The van der Waals surface area contributed by atoms with E-state index in [1.165, 1.54) is 11.8 Å². The second kappa shape index (κ2) is 9.24. The quantitative estimate of drug-likeness (QED) is 0.408. The Labute approximate surface area is 174 Å². The predicted molar refractivity (Wildman–Crippen MR) is 116 cm³/mol. The minimum absolute atomic E-state index is 0.0568. The number of hydrogen-bond donors (Lipinski definition) is 0. The average Bonchev–Trinajstić information content (AvgIpc) is 2.90. The van der Waals surface area contributed by atoms with Gasteiger partial charge >= 0.3 is 5.97 Å². The fraction of sp³-hybridized carbons (Fsp3) is 0.700. The first-order chi connectivity index (χ1) is 11.8. The Hall–Kier alpha value is -0.330. The van der Waals surface area contributed by atoms with Crippen molar-refractivity contribution >= 4 is 50.1 Å². The van der Waals surface area contributed by atoms with Crippen LogP contribution in [0.4, 0.5) is 0 Å². The lowest BCUT2D eigenvalue weighted by Gasteiger charge is -2.32. The van der Waals surface area contributed by atoms with E-state index >= 15 is 0 Å². The summed E-state index contributed by atoms with van der Waals surface area (Å²) < 4.78 is 6.72. The van der Waals surface area contributed by atoms with Gasteiger partial charge in [0, 0.05) is 27.4 Å². The van der Waals surface area contributed by atoms with E-state index in [0.717, 1.165) is 34.4 Å². The maximum absolute atomic E-state index is 13.0. The molecule has 1 aromatic heterocycles. The summed E-state index contributed by atoms with van der Waals surface area (Å²) in [5.41, 5.74) is -1.11. The Bertz CT molecular complexity index is 631.